The van der Waals surface area contributed by atoms with E-state index < -0.39 is 5.54 Å². The van der Waals surface area contributed by atoms with Gasteiger partial charge in [-0.15, -0.1) is 0 Å². The van der Waals surface area contributed by atoms with Crippen molar-refractivity contribution in [3.05, 3.63) is 114 Å². The van der Waals surface area contributed by atoms with Crippen LogP contribution in [0.25, 0.3) is 11.3 Å². The van der Waals surface area contributed by atoms with Crippen molar-refractivity contribution in [2.45, 2.75) is 63.7 Å². The maximum absolute atomic E-state index is 14.8. The van der Waals surface area contributed by atoms with Crippen LogP contribution in [0.4, 0.5) is 4.39 Å². The number of carbonyl (C=O) groups is 1. The number of allylic oxidation sites excluding steroid dienone is 1. The molecule has 1 heterocycles. The Morgan fingerprint density at radius 3 is 2.71 bits per heavy atom. The van der Waals surface area contributed by atoms with E-state index in [1.165, 1.54) is 12.3 Å². The first-order chi connectivity index (χ1) is 21.7. The monoisotopic (exact) mass is 605 g/mol. The first-order valence-electron chi connectivity index (χ1n) is 15.2. The molecule has 0 atom stereocenters. The van der Waals surface area contributed by atoms with Gasteiger partial charge in [0.05, 0.1) is 23.8 Å². The van der Waals surface area contributed by atoms with E-state index in [4.69, 9.17) is 5.73 Å². The highest BCUT2D eigenvalue weighted by Crippen LogP contribution is 2.47. The zero-order valence-electron chi connectivity index (χ0n) is 25.9. The van der Waals surface area contributed by atoms with Gasteiger partial charge in [-0.2, -0.15) is 0 Å². The van der Waals surface area contributed by atoms with Crippen molar-refractivity contribution in [1.82, 2.24) is 25.5 Å². The van der Waals surface area contributed by atoms with Crippen LogP contribution in [0, 0.1) is 17.7 Å². The normalized spacial score (nSPS) is 15.3. The van der Waals surface area contributed by atoms with Gasteiger partial charge < -0.3 is 26.3 Å². The van der Waals surface area contributed by atoms with Crippen molar-refractivity contribution in [1.29, 1.82) is 0 Å². The van der Waals surface area contributed by atoms with E-state index in [9.17, 15) is 9.18 Å². The summed E-state index contributed by atoms with van der Waals surface area (Å²) in [6, 6.07) is 13.4. The third kappa shape index (κ3) is 7.90. The van der Waals surface area contributed by atoms with Crippen molar-refractivity contribution in [2.24, 2.45) is 10.7 Å². The third-order valence-corrected chi connectivity index (χ3v) is 7.95. The molecule has 9 heteroatoms. The molecule has 2 aliphatic carbocycles. The second-order valence-electron chi connectivity index (χ2n) is 11.8. The fourth-order valence-corrected chi connectivity index (χ4v) is 5.05. The maximum atomic E-state index is 14.8. The van der Waals surface area contributed by atoms with Crippen LogP contribution >= 0.6 is 0 Å². The summed E-state index contributed by atoms with van der Waals surface area (Å²) in [5.41, 5.74) is 10.3. The van der Waals surface area contributed by atoms with Gasteiger partial charge in [-0.25, -0.2) is 9.37 Å². The minimum Gasteiger partial charge on any atom is -0.404 e. The lowest BCUT2D eigenvalue weighted by Gasteiger charge is -2.23. The van der Waals surface area contributed by atoms with Crippen molar-refractivity contribution in [3.63, 3.8) is 0 Å². The van der Waals surface area contributed by atoms with Gasteiger partial charge in [0, 0.05) is 54.2 Å². The molecule has 1 amide bonds. The molecule has 8 nitrogen and oxygen atoms in total. The van der Waals surface area contributed by atoms with Gasteiger partial charge in [0.25, 0.3) is 5.91 Å². The largest absolute Gasteiger partial charge is 0.404 e. The Hall–Kier alpha value is -5.10. The molecule has 2 aliphatic rings. The van der Waals surface area contributed by atoms with E-state index in [-0.39, 0.29) is 36.6 Å². The van der Waals surface area contributed by atoms with Crippen LogP contribution in [0.15, 0.2) is 84.9 Å². The van der Waals surface area contributed by atoms with Crippen LogP contribution in [-0.2, 0) is 16.9 Å². The number of nitrogens with two attached hydrogens (primary N) is 1. The van der Waals surface area contributed by atoms with E-state index in [2.05, 4.69) is 64.8 Å². The Bertz CT molecular complexity index is 1710. The van der Waals surface area contributed by atoms with Gasteiger partial charge >= 0.3 is 0 Å². The number of carbonyl (C=O) groups excluding carboxylic acids is 1. The number of aliphatic imine (C=N–C) groups is 1. The molecule has 5 rings (SSSR count). The topological polar surface area (TPSA) is 109 Å². The smallest absolute Gasteiger partial charge is 0.267 e. The number of benzene rings is 2. The Morgan fingerprint density at radius 2 is 2.00 bits per heavy atom. The zero-order valence-corrected chi connectivity index (χ0v) is 25.9. The fraction of sp³-hybridized carbons (Fsp3) is 0.306. The molecule has 0 saturated heterocycles. The van der Waals surface area contributed by atoms with Crippen LogP contribution in [-0.4, -0.2) is 34.3 Å². The summed E-state index contributed by atoms with van der Waals surface area (Å²) in [5.74, 6) is 6.04. The molecule has 2 aromatic carbocycles. The number of halogens is 1. The number of nitrogens with one attached hydrogen (secondary N) is 3. The Labute approximate surface area is 264 Å². The number of nitrogens with zero attached hydrogens (tertiary/aromatic N) is 3. The van der Waals surface area contributed by atoms with Crippen LogP contribution in [0.1, 0.15) is 73.7 Å². The SMILES string of the molecule is C=C(NCC#Cc1nccn1C(C)C)C(=O)NCc1ccccc1C(=C)NC1(c2cc(F)cc(/C(C=NC3CC3)=C/N)c2)CC1. The second-order valence-corrected chi connectivity index (χ2v) is 11.8. The van der Waals surface area contributed by atoms with Crippen molar-refractivity contribution < 1.29 is 9.18 Å². The predicted octanol–water partition coefficient (Wildman–Crippen LogP) is 5.16. The minimum absolute atomic E-state index is 0.220. The number of aromatic nitrogens is 2. The second kappa shape index (κ2) is 13.7. The van der Waals surface area contributed by atoms with Crippen LogP contribution in [0.3, 0.4) is 0 Å². The van der Waals surface area contributed by atoms with Gasteiger partial charge in [0.15, 0.2) is 5.82 Å². The van der Waals surface area contributed by atoms with E-state index >= 15 is 0 Å². The van der Waals surface area contributed by atoms with E-state index in [0.717, 1.165) is 42.4 Å². The molecule has 2 saturated carbocycles. The molecule has 5 N–H and O–H groups in total. The predicted molar refractivity (Wildman–Crippen MR) is 178 cm³/mol. The highest BCUT2D eigenvalue weighted by Gasteiger charge is 2.45. The number of hydrogen-bond donors (Lipinski definition) is 4. The standard InChI is InChI=1S/C36H40FN7O/c1-24(2)44-17-16-40-34(44)10-7-15-39-26(4)35(45)42-22-27-8-5-6-9-33(27)25(3)43-36(13-14-36)30-18-28(19-31(37)20-30)29(21-38)23-41-32-11-12-32/h5-6,8-9,16-21,23-24,32,39,43H,3-4,11-15,22,38H2,1-2H3,(H,42,45)/b29-21+,41-23?. The molecule has 232 valence electrons. The molecule has 2 fully saturated rings. The lowest BCUT2D eigenvalue weighted by atomic mass is 9.97. The minimum atomic E-state index is -0.441. The molecular formula is C36H40FN7O. The summed E-state index contributed by atoms with van der Waals surface area (Å²) in [7, 11) is 0. The molecule has 1 aromatic heterocycles. The van der Waals surface area contributed by atoms with Gasteiger partial charge in [0.2, 0.25) is 0 Å². The van der Waals surface area contributed by atoms with E-state index in [0.29, 0.717) is 28.7 Å². The number of amides is 1. The number of imidazole rings is 1. The molecular weight excluding hydrogens is 565 g/mol. The van der Waals surface area contributed by atoms with Crippen molar-refractivity contribution in [3.8, 4) is 11.8 Å². The molecule has 0 unspecified atom stereocenters. The summed E-state index contributed by atoms with van der Waals surface area (Å²) in [5, 5.41) is 9.46. The average Bonchev–Trinajstić information content (AvgIpc) is 3.96. The van der Waals surface area contributed by atoms with Crippen molar-refractivity contribution >= 4 is 23.4 Å². The summed E-state index contributed by atoms with van der Waals surface area (Å²) in [6.45, 7) is 12.8. The average molecular weight is 606 g/mol. The first kappa shape index (κ1) is 31.3. The molecule has 0 spiro atoms. The summed E-state index contributed by atoms with van der Waals surface area (Å²) in [4.78, 5) is 21.6. The molecule has 45 heavy (non-hydrogen) atoms. The van der Waals surface area contributed by atoms with Crippen LogP contribution in [0.5, 0.6) is 0 Å². The quantitative estimate of drug-likeness (QED) is 0.122. The number of rotatable bonds is 13. The summed E-state index contributed by atoms with van der Waals surface area (Å²) in [6.07, 6.45) is 10.7. The third-order valence-electron chi connectivity index (χ3n) is 7.95. The Morgan fingerprint density at radius 1 is 1.22 bits per heavy atom. The van der Waals surface area contributed by atoms with E-state index in [1.54, 1.807) is 18.5 Å². The van der Waals surface area contributed by atoms with Gasteiger partial charge in [-0.05, 0) is 80.3 Å². The first-order valence-corrected chi connectivity index (χ1v) is 15.2. The van der Waals surface area contributed by atoms with Crippen LogP contribution in [0.2, 0.25) is 0 Å². The fourth-order valence-electron chi connectivity index (χ4n) is 5.05. The highest BCUT2D eigenvalue weighted by atomic mass is 19.1. The summed E-state index contributed by atoms with van der Waals surface area (Å²) < 4.78 is 16.8. The highest BCUT2D eigenvalue weighted by molar-refractivity contribution is 6.09. The molecule has 0 bridgehead atoms. The summed E-state index contributed by atoms with van der Waals surface area (Å²) >= 11 is 0. The molecule has 3 aromatic rings. The molecule has 0 radical (unpaired) electrons. The van der Waals surface area contributed by atoms with Gasteiger partial charge in [0.1, 0.15) is 5.82 Å². The Kier molecular flexibility index (Phi) is 9.53. The lowest BCUT2D eigenvalue weighted by molar-refractivity contribution is -0.118. The zero-order chi connectivity index (χ0) is 32.0. The lowest BCUT2D eigenvalue weighted by Crippen LogP contribution is -2.32. The number of hydrogen-bond acceptors (Lipinski definition) is 6. The van der Waals surface area contributed by atoms with Gasteiger partial charge in [-0.1, -0.05) is 43.3 Å². The maximum Gasteiger partial charge on any atom is 0.267 e. The molecule has 0 aliphatic heterocycles. The van der Waals surface area contributed by atoms with Crippen LogP contribution < -0.4 is 21.7 Å². The van der Waals surface area contributed by atoms with Gasteiger partial charge in [-0.3, -0.25) is 9.79 Å². The van der Waals surface area contributed by atoms with Crippen molar-refractivity contribution in [2.75, 3.05) is 6.54 Å². The Balaban J connectivity index is 1.20. The van der Waals surface area contributed by atoms with E-state index in [1.807, 2.05) is 41.1 Å².